The lowest BCUT2D eigenvalue weighted by Crippen LogP contribution is -1.85. The molecule has 1 unspecified atom stereocenters. The zero-order valence-corrected chi connectivity index (χ0v) is 3.66. The van der Waals surface area contributed by atoms with Crippen LogP contribution in [0.25, 0.3) is 0 Å². The van der Waals surface area contributed by atoms with Crippen molar-refractivity contribution >= 4 is 15.2 Å². The van der Waals surface area contributed by atoms with E-state index in [0.29, 0.717) is 0 Å². The Labute approximate surface area is 32.4 Å². The maximum atomic E-state index is 9.29. The van der Waals surface area contributed by atoms with E-state index in [9.17, 15) is 4.79 Å². The van der Waals surface area contributed by atoms with Crippen LogP contribution >= 0.6 is 9.24 Å². The van der Waals surface area contributed by atoms with Crippen molar-refractivity contribution in [3.8, 4) is 0 Å². The summed E-state index contributed by atoms with van der Waals surface area (Å²) in [5.74, 6) is -0.907. The summed E-state index contributed by atoms with van der Waals surface area (Å²) in [4.78, 5) is 9.29. The highest BCUT2D eigenvalue weighted by Gasteiger charge is 1.82. The molecule has 3 heteroatoms. The quantitative estimate of drug-likeness (QED) is 0.465. The molecule has 0 aliphatic rings. The first-order valence-corrected chi connectivity index (χ1v) is 1.72. The molecule has 0 fully saturated rings. The van der Waals surface area contributed by atoms with Gasteiger partial charge in [0, 0.05) is 0 Å². The molecule has 0 saturated heterocycles. The van der Waals surface area contributed by atoms with Crippen LogP contribution in [0.15, 0.2) is 0 Å². The molecule has 1 atom stereocenters. The van der Waals surface area contributed by atoms with E-state index in [1.807, 2.05) is 9.24 Å². The number of hydrogen-bond donors (Lipinski definition) is 1. The molecule has 29 valence electrons. The summed E-state index contributed by atoms with van der Waals surface area (Å²) in [5, 5.41) is 7.65. The standard InChI is InChI=1S/C2H4O2P/c3-2(4)1-5/h1H,5H2,(H,3,4). The van der Waals surface area contributed by atoms with Crippen LogP contribution in [0.2, 0.25) is 0 Å². The fourth-order valence-electron chi connectivity index (χ4n) is 0. The number of aliphatic carboxylic acids is 1. The van der Waals surface area contributed by atoms with Crippen LogP contribution in [0.5, 0.6) is 0 Å². The molecule has 2 nitrogen and oxygen atoms in total. The second-order valence-corrected chi connectivity index (χ2v) is 0.838. The van der Waals surface area contributed by atoms with E-state index in [1.54, 1.807) is 0 Å². The number of carboxylic acid groups (broad SMARTS) is 1. The Morgan fingerprint density at radius 2 is 2.20 bits per heavy atom. The van der Waals surface area contributed by atoms with Crippen molar-refractivity contribution in [2.45, 2.75) is 0 Å². The van der Waals surface area contributed by atoms with Crippen LogP contribution < -0.4 is 0 Å². The first kappa shape index (κ1) is 4.90. The van der Waals surface area contributed by atoms with E-state index < -0.39 is 5.97 Å². The molecular formula is C2H4O2P. The van der Waals surface area contributed by atoms with Crippen molar-refractivity contribution in [2.75, 3.05) is 0 Å². The third-order valence-corrected chi connectivity index (χ3v) is 0.428. The summed E-state index contributed by atoms with van der Waals surface area (Å²) >= 11 is 0. The van der Waals surface area contributed by atoms with E-state index in [2.05, 4.69) is 0 Å². The normalized spacial score (nSPS) is 7.40. The summed E-state index contributed by atoms with van der Waals surface area (Å²) in [7, 11) is 1.97. The molecule has 0 aliphatic carbocycles. The summed E-state index contributed by atoms with van der Waals surface area (Å²) in [5.41, 5.74) is 0. The van der Waals surface area contributed by atoms with Crippen molar-refractivity contribution in [3.05, 3.63) is 6.16 Å². The first-order chi connectivity index (χ1) is 2.27. The van der Waals surface area contributed by atoms with E-state index in [0.717, 1.165) is 6.16 Å². The van der Waals surface area contributed by atoms with Gasteiger partial charge < -0.3 is 5.11 Å². The van der Waals surface area contributed by atoms with Crippen molar-refractivity contribution < 1.29 is 9.90 Å². The molecule has 0 rings (SSSR count). The van der Waals surface area contributed by atoms with Gasteiger partial charge in [-0.25, -0.2) is 0 Å². The van der Waals surface area contributed by atoms with Gasteiger partial charge in [-0.3, -0.25) is 4.79 Å². The average molecular weight is 91.0 g/mol. The van der Waals surface area contributed by atoms with Gasteiger partial charge in [0.15, 0.2) is 0 Å². The van der Waals surface area contributed by atoms with Crippen LogP contribution in [-0.4, -0.2) is 11.1 Å². The molecule has 0 bridgehead atoms. The predicted octanol–water partition coefficient (Wildman–Crippen LogP) is 0.108. The highest BCUT2D eigenvalue weighted by Crippen LogP contribution is 1.83. The lowest BCUT2D eigenvalue weighted by atomic mass is 10.8. The molecule has 0 heterocycles. The topological polar surface area (TPSA) is 37.3 Å². The van der Waals surface area contributed by atoms with Crippen molar-refractivity contribution in [3.63, 3.8) is 0 Å². The number of rotatable bonds is 1. The third kappa shape index (κ3) is 3.90. The maximum Gasteiger partial charge on any atom is 0.311 e. The van der Waals surface area contributed by atoms with Gasteiger partial charge in [0.25, 0.3) is 0 Å². The minimum atomic E-state index is -0.907. The molecule has 1 radical (unpaired) electrons. The Morgan fingerprint density at radius 1 is 2.00 bits per heavy atom. The number of carbonyl (C=O) groups is 1. The van der Waals surface area contributed by atoms with Crippen molar-refractivity contribution in [2.24, 2.45) is 0 Å². The largest absolute Gasteiger partial charge is 0.481 e. The first-order valence-electron chi connectivity index (χ1n) is 1.05. The highest BCUT2D eigenvalue weighted by atomic mass is 31.0. The van der Waals surface area contributed by atoms with Gasteiger partial charge in [-0.15, -0.1) is 9.24 Å². The monoisotopic (exact) mass is 91.0 g/mol. The average Bonchev–Trinajstić information content (AvgIpc) is 1.38. The van der Waals surface area contributed by atoms with Gasteiger partial charge >= 0.3 is 5.97 Å². The van der Waals surface area contributed by atoms with E-state index in [-0.39, 0.29) is 0 Å². The SMILES string of the molecule is O=C(O)[CH]P. The van der Waals surface area contributed by atoms with Crippen LogP contribution in [-0.2, 0) is 4.79 Å². The van der Waals surface area contributed by atoms with Crippen LogP contribution in [0.3, 0.4) is 0 Å². The summed E-state index contributed by atoms with van der Waals surface area (Å²) in [6, 6.07) is 0. The van der Waals surface area contributed by atoms with E-state index in [4.69, 9.17) is 5.11 Å². The van der Waals surface area contributed by atoms with Gasteiger partial charge in [0.05, 0.1) is 6.16 Å². The fourth-order valence-corrected chi connectivity index (χ4v) is 0. The zero-order chi connectivity index (χ0) is 4.28. The Morgan fingerprint density at radius 3 is 2.20 bits per heavy atom. The molecule has 1 N–H and O–H groups in total. The summed E-state index contributed by atoms with van der Waals surface area (Å²) in [6.45, 7) is 0. The predicted molar refractivity (Wildman–Crippen MR) is 21.6 cm³/mol. The number of hydrogen-bond acceptors (Lipinski definition) is 1. The maximum absolute atomic E-state index is 9.29. The van der Waals surface area contributed by atoms with Crippen molar-refractivity contribution in [1.29, 1.82) is 0 Å². The van der Waals surface area contributed by atoms with E-state index in [1.165, 1.54) is 0 Å². The second-order valence-electron chi connectivity index (χ2n) is 0.505. The summed E-state index contributed by atoms with van der Waals surface area (Å²) in [6.07, 6.45) is 1.00. The van der Waals surface area contributed by atoms with E-state index >= 15 is 0 Å². The van der Waals surface area contributed by atoms with Gasteiger partial charge in [-0.1, -0.05) is 0 Å². The Bertz CT molecular complexity index is 42.9. The van der Waals surface area contributed by atoms with Crippen LogP contribution in [0.1, 0.15) is 0 Å². The van der Waals surface area contributed by atoms with Crippen molar-refractivity contribution in [1.82, 2.24) is 0 Å². The lowest BCUT2D eigenvalue weighted by molar-refractivity contribution is -0.132. The Kier molecular flexibility index (Phi) is 2.11. The fraction of sp³-hybridized carbons (Fsp3) is 0. The third-order valence-electron chi connectivity index (χ3n) is 0.143. The highest BCUT2D eigenvalue weighted by molar-refractivity contribution is 7.21. The molecule has 0 aromatic heterocycles. The molecule has 0 aliphatic heterocycles. The van der Waals surface area contributed by atoms with Gasteiger partial charge in [-0.2, -0.15) is 0 Å². The lowest BCUT2D eigenvalue weighted by Gasteiger charge is -1.71. The molecule has 0 saturated carbocycles. The molecule has 0 aromatic rings. The van der Waals surface area contributed by atoms with Gasteiger partial charge in [0.2, 0.25) is 0 Å². The van der Waals surface area contributed by atoms with Gasteiger partial charge in [0.1, 0.15) is 0 Å². The molecular weight excluding hydrogens is 87.0 g/mol. The zero-order valence-electron chi connectivity index (χ0n) is 2.51. The molecule has 0 spiro atoms. The Balaban J connectivity index is 2.85. The van der Waals surface area contributed by atoms with Crippen LogP contribution in [0, 0.1) is 6.16 Å². The molecule has 0 amide bonds. The Hall–Kier alpha value is -0.100. The van der Waals surface area contributed by atoms with Crippen LogP contribution in [0.4, 0.5) is 0 Å². The number of carboxylic acids is 1. The van der Waals surface area contributed by atoms with Gasteiger partial charge in [-0.05, 0) is 0 Å². The smallest absolute Gasteiger partial charge is 0.311 e. The minimum Gasteiger partial charge on any atom is -0.481 e. The second kappa shape index (κ2) is 2.16. The molecule has 5 heavy (non-hydrogen) atoms. The summed E-state index contributed by atoms with van der Waals surface area (Å²) < 4.78 is 0. The molecule has 0 aromatic carbocycles. The minimum absolute atomic E-state index is 0.907.